The average molecular weight is 302 g/mol. The fourth-order valence-corrected chi connectivity index (χ4v) is 3.30. The SMILES string of the molecule is Nc1ccc(-c2nn3c(C4CCOCC4)nnc3s2)nc1. The van der Waals surface area contributed by atoms with Crippen LogP contribution in [0.1, 0.15) is 24.6 Å². The zero-order chi connectivity index (χ0) is 14.2. The number of aromatic nitrogens is 5. The van der Waals surface area contributed by atoms with E-state index in [2.05, 4.69) is 20.3 Å². The lowest BCUT2D eigenvalue weighted by Crippen LogP contribution is -2.16. The third-order valence-electron chi connectivity index (χ3n) is 3.61. The summed E-state index contributed by atoms with van der Waals surface area (Å²) < 4.78 is 7.24. The van der Waals surface area contributed by atoms with Gasteiger partial charge in [-0.15, -0.1) is 10.2 Å². The van der Waals surface area contributed by atoms with Crippen LogP contribution in [-0.2, 0) is 4.74 Å². The molecule has 4 rings (SSSR count). The first-order valence-corrected chi connectivity index (χ1v) is 7.65. The summed E-state index contributed by atoms with van der Waals surface area (Å²) in [4.78, 5) is 5.10. The van der Waals surface area contributed by atoms with Gasteiger partial charge in [-0.2, -0.15) is 9.61 Å². The number of fused-ring (bicyclic) bond motifs is 1. The molecule has 1 aliphatic heterocycles. The summed E-state index contributed by atoms with van der Waals surface area (Å²) in [5, 5.41) is 14.0. The molecule has 0 aromatic carbocycles. The third-order valence-corrected chi connectivity index (χ3v) is 4.53. The van der Waals surface area contributed by atoms with Crippen molar-refractivity contribution >= 4 is 22.0 Å². The van der Waals surface area contributed by atoms with E-state index in [1.54, 1.807) is 6.20 Å². The molecule has 21 heavy (non-hydrogen) atoms. The predicted molar refractivity (Wildman–Crippen MR) is 79.1 cm³/mol. The summed E-state index contributed by atoms with van der Waals surface area (Å²) in [6, 6.07) is 3.69. The molecule has 0 atom stereocenters. The van der Waals surface area contributed by atoms with Gasteiger partial charge in [0.15, 0.2) is 10.8 Å². The lowest BCUT2D eigenvalue weighted by atomic mass is 10.00. The number of hydrogen-bond acceptors (Lipinski definition) is 7. The number of nitrogen functional groups attached to an aromatic ring is 1. The van der Waals surface area contributed by atoms with Crippen molar-refractivity contribution in [2.75, 3.05) is 18.9 Å². The maximum absolute atomic E-state index is 5.66. The second kappa shape index (κ2) is 5.05. The van der Waals surface area contributed by atoms with Gasteiger partial charge < -0.3 is 10.5 Å². The van der Waals surface area contributed by atoms with Crippen molar-refractivity contribution in [2.24, 2.45) is 0 Å². The average Bonchev–Trinajstić information content (AvgIpc) is 3.09. The molecule has 1 saturated heterocycles. The lowest BCUT2D eigenvalue weighted by Gasteiger charge is -2.19. The highest BCUT2D eigenvalue weighted by atomic mass is 32.1. The van der Waals surface area contributed by atoms with Crippen LogP contribution in [0, 0.1) is 0 Å². The molecule has 0 amide bonds. The number of nitrogens with two attached hydrogens (primary N) is 1. The van der Waals surface area contributed by atoms with E-state index >= 15 is 0 Å². The zero-order valence-corrected chi connectivity index (χ0v) is 12.1. The molecule has 0 bridgehead atoms. The predicted octanol–water partition coefficient (Wildman–Crippen LogP) is 1.72. The molecule has 0 aliphatic carbocycles. The number of hydrogen-bond donors (Lipinski definition) is 1. The molecule has 8 heteroatoms. The lowest BCUT2D eigenvalue weighted by molar-refractivity contribution is 0.0832. The van der Waals surface area contributed by atoms with Crippen molar-refractivity contribution in [1.29, 1.82) is 0 Å². The molecule has 4 heterocycles. The first-order chi connectivity index (χ1) is 10.3. The fourth-order valence-electron chi connectivity index (χ4n) is 2.48. The van der Waals surface area contributed by atoms with Gasteiger partial charge in [0, 0.05) is 19.1 Å². The Balaban J connectivity index is 1.73. The molecular weight excluding hydrogens is 288 g/mol. The van der Waals surface area contributed by atoms with Crippen LogP contribution in [0.25, 0.3) is 15.7 Å². The molecular formula is C13H14N6OS. The second-order valence-electron chi connectivity index (χ2n) is 5.02. The van der Waals surface area contributed by atoms with Gasteiger partial charge in [0.1, 0.15) is 5.69 Å². The van der Waals surface area contributed by atoms with E-state index in [0.717, 1.165) is 47.5 Å². The smallest absolute Gasteiger partial charge is 0.235 e. The van der Waals surface area contributed by atoms with E-state index < -0.39 is 0 Å². The Morgan fingerprint density at radius 2 is 2.10 bits per heavy atom. The molecule has 0 radical (unpaired) electrons. The fraction of sp³-hybridized carbons (Fsp3) is 0.385. The summed E-state index contributed by atoms with van der Waals surface area (Å²) in [5.41, 5.74) is 7.11. The number of pyridine rings is 1. The molecule has 0 unspecified atom stereocenters. The standard InChI is InChI=1S/C13H14N6OS/c14-9-1-2-10(15-7-9)12-18-19-11(16-17-13(19)21-12)8-3-5-20-6-4-8/h1-2,7-8H,3-6,14H2. The van der Waals surface area contributed by atoms with Crippen LogP contribution in [0.3, 0.4) is 0 Å². The van der Waals surface area contributed by atoms with Crippen molar-refractivity contribution in [3.63, 3.8) is 0 Å². The van der Waals surface area contributed by atoms with E-state index in [1.807, 2.05) is 16.6 Å². The van der Waals surface area contributed by atoms with Gasteiger partial charge in [-0.05, 0) is 25.0 Å². The minimum absolute atomic E-state index is 0.364. The van der Waals surface area contributed by atoms with Gasteiger partial charge in [0.2, 0.25) is 4.96 Å². The molecule has 7 nitrogen and oxygen atoms in total. The topological polar surface area (TPSA) is 91.2 Å². The molecule has 108 valence electrons. The van der Waals surface area contributed by atoms with Gasteiger partial charge in [-0.3, -0.25) is 4.98 Å². The van der Waals surface area contributed by atoms with Crippen LogP contribution in [0.5, 0.6) is 0 Å². The van der Waals surface area contributed by atoms with Gasteiger partial charge in [-0.1, -0.05) is 11.3 Å². The van der Waals surface area contributed by atoms with Crippen LogP contribution < -0.4 is 5.73 Å². The van der Waals surface area contributed by atoms with E-state index in [1.165, 1.54) is 11.3 Å². The van der Waals surface area contributed by atoms with Gasteiger partial charge in [0.05, 0.1) is 11.9 Å². The quantitative estimate of drug-likeness (QED) is 0.775. The minimum atomic E-state index is 0.364. The summed E-state index contributed by atoms with van der Waals surface area (Å²) in [6.45, 7) is 1.55. The first-order valence-electron chi connectivity index (χ1n) is 6.83. The molecule has 3 aromatic rings. The van der Waals surface area contributed by atoms with Gasteiger partial charge in [0.25, 0.3) is 0 Å². The number of rotatable bonds is 2. The summed E-state index contributed by atoms with van der Waals surface area (Å²) in [6.07, 6.45) is 3.57. The monoisotopic (exact) mass is 302 g/mol. The Bertz CT molecular complexity index is 759. The Morgan fingerprint density at radius 1 is 1.24 bits per heavy atom. The van der Waals surface area contributed by atoms with Crippen LogP contribution in [0.15, 0.2) is 18.3 Å². The Labute approximate surface area is 124 Å². The zero-order valence-electron chi connectivity index (χ0n) is 11.3. The minimum Gasteiger partial charge on any atom is -0.397 e. The number of nitrogens with zero attached hydrogens (tertiary/aromatic N) is 5. The molecule has 1 aliphatic rings. The summed E-state index contributed by atoms with van der Waals surface area (Å²) >= 11 is 1.48. The maximum Gasteiger partial charge on any atom is 0.235 e. The second-order valence-corrected chi connectivity index (χ2v) is 5.98. The van der Waals surface area contributed by atoms with Crippen molar-refractivity contribution in [3.05, 3.63) is 24.2 Å². The Kier molecular flexibility index (Phi) is 3.04. The van der Waals surface area contributed by atoms with Gasteiger partial charge >= 0.3 is 0 Å². The van der Waals surface area contributed by atoms with Crippen LogP contribution in [0.2, 0.25) is 0 Å². The Morgan fingerprint density at radius 3 is 2.86 bits per heavy atom. The third kappa shape index (κ3) is 2.26. The Hall–Kier alpha value is -2.06. The van der Waals surface area contributed by atoms with Gasteiger partial charge in [-0.25, -0.2) is 0 Å². The molecule has 0 spiro atoms. The molecule has 2 N–H and O–H groups in total. The van der Waals surface area contributed by atoms with Crippen molar-refractivity contribution in [2.45, 2.75) is 18.8 Å². The number of anilines is 1. The highest BCUT2D eigenvalue weighted by molar-refractivity contribution is 7.19. The van der Waals surface area contributed by atoms with Crippen LogP contribution in [0.4, 0.5) is 5.69 Å². The normalized spacial score (nSPS) is 16.6. The molecule has 3 aromatic heterocycles. The first kappa shape index (κ1) is 12.7. The highest BCUT2D eigenvalue weighted by Gasteiger charge is 2.23. The van der Waals surface area contributed by atoms with Crippen molar-refractivity contribution in [1.82, 2.24) is 24.8 Å². The van der Waals surface area contributed by atoms with Crippen molar-refractivity contribution in [3.8, 4) is 10.7 Å². The van der Waals surface area contributed by atoms with E-state index in [9.17, 15) is 0 Å². The largest absolute Gasteiger partial charge is 0.397 e. The van der Waals surface area contributed by atoms with E-state index in [-0.39, 0.29) is 0 Å². The number of ether oxygens (including phenoxy) is 1. The summed E-state index contributed by atoms with van der Waals surface area (Å²) in [5.74, 6) is 1.29. The highest BCUT2D eigenvalue weighted by Crippen LogP contribution is 2.29. The van der Waals surface area contributed by atoms with Crippen molar-refractivity contribution < 1.29 is 4.74 Å². The van der Waals surface area contributed by atoms with Crippen LogP contribution in [-0.4, -0.2) is 38.0 Å². The van der Waals surface area contributed by atoms with E-state index in [4.69, 9.17) is 10.5 Å². The van der Waals surface area contributed by atoms with Crippen LogP contribution >= 0.6 is 11.3 Å². The molecule has 1 fully saturated rings. The van der Waals surface area contributed by atoms with E-state index in [0.29, 0.717) is 11.6 Å². The summed E-state index contributed by atoms with van der Waals surface area (Å²) in [7, 11) is 0. The maximum atomic E-state index is 5.66. The molecule has 0 saturated carbocycles.